The monoisotopic (exact) mass is 470 g/mol. The number of nitrogens with zero attached hydrogens (tertiary/aromatic N) is 1. The number of benzene rings is 3. The molecule has 0 aliphatic carbocycles. The molecule has 34 heavy (non-hydrogen) atoms. The summed E-state index contributed by atoms with van der Waals surface area (Å²) in [5, 5.41) is 0.458. The van der Waals surface area contributed by atoms with Gasteiger partial charge in [-0.25, -0.2) is 4.98 Å². The number of H-pyrrole nitrogens is 1. The zero-order valence-electron chi connectivity index (χ0n) is 19.2. The summed E-state index contributed by atoms with van der Waals surface area (Å²) in [6, 6.07) is 25.5. The van der Waals surface area contributed by atoms with Gasteiger partial charge >= 0.3 is 0 Å². The molecular formula is C28H26N2O3S. The minimum atomic E-state index is -0.146. The molecule has 5 nitrogen and oxygen atoms in total. The highest BCUT2D eigenvalue weighted by Gasteiger charge is 2.14. The van der Waals surface area contributed by atoms with Gasteiger partial charge < -0.3 is 9.72 Å². The molecule has 1 heterocycles. The largest absolute Gasteiger partial charge is 0.497 e. The van der Waals surface area contributed by atoms with Crippen molar-refractivity contribution < 1.29 is 9.53 Å². The SMILES string of the molecule is CCc1c(Cc2ccc(-c3ccccc3)cc2)nc(SCC(=O)c2ccc(OC)cc2)[nH]c1=O. The molecule has 4 rings (SSSR count). The summed E-state index contributed by atoms with van der Waals surface area (Å²) >= 11 is 1.24. The Labute approximate surface area is 203 Å². The number of aromatic nitrogens is 2. The molecule has 0 atom stereocenters. The fourth-order valence-electron chi connectivity index (χ4n) is 3.73. The van der Waals surface area contributed by atoms with Gasteiger partial charge in [-0.05, 0) is 47.4 Å². The normalized spacial score (nSPS) is 10.8. The molecule has 0 radical (unpaired) electrons. The van der Waals surface area contributed by atoms with E-state index in [2.05, 4.69) is 41.4 Å². The molecule has 0 fully saturated rings. The molecule has 0 saturated carbocycles. The third kappa shape index (κ3) is 5.64. The second-order valence-electron chi connectivity index (χ2n) is 7.83. The van der Waals surface area contributed by atoms with E-state index < -0.39 is 0 Å². The van der Waals surface area contributed by atoms with Crippen LogP contribution < -0.4 is 10.3 Å². The summed E-state index contributed by atoms with van der Waals surface area (Å²) in [5.41, 5.74) is 5.27. The summed E-state index contributed by atoms with van der Waals surface area (Å²) in [6.45, 7) is 1.95. The van der Waals surface area contributed by atoms with Crippen LogP contribution in [0.3, 0.4) is 0 Å². The number of rotatable bonds is 9. The van der Waals surface area contributed by atoms with Crippen molar-refractivity contribution >= 4 is 17.5 Å². The van der Waals surface area contributed by atoms with Crippen LogP contribution in [-0.2, 0) is 12.8 Å². The molecule has 0 aliphatic heterocycles. The molecular weight excluding hydrogens is 444 g/mol. The number of aromatic amines is 1. The van der Waals surface area contributed by atoms with Gasteiger partial charge in [0.25, 0.3) is 5.56 Å². The number of hydrogen-bond acceptors (Lipinski definition) is 5. The third-order valence-corrected chi connectivity index (χ3v) is 6.49. The molecule has 0 bridgehead atoms. The van der Waals surface area contributed by atoms with E-state index in [1.54, 1.807) is 31.4 Å². The zero-order chi connectivity index (χ0) is 23.9. The second-order valence-corrected chi connectivity index (χ2v) is 8.79. The molecule has 1 aromatic heterocycles. The van der Waals surface area contributed by atoms with Crippen LogP contribution in [0.5, 0.6) is 5.75 Å². The van der Waals surface area contributed by atoms with Gasteiger partial charge in [0.1, 0.15) is 5.75 Å². The highest BCUT2D eigenvalue weighted by atomic mass is 32.2. The molecule has 4 aromatic rings. The lowest BCUT2D eigenvalue weighted by molar-refractivity contribution is 0.102. The van der Waals surface area contributed by atoms with Gasteiger partial charge in [0, 0.05) is 17.5 Å². The molecule has 172 valence electrons. The number of ketones is 1. The standard InChI is InChI=1S/C28H26N2O3S/c1-3-24-25(17-19-9-11-21(12-10-19)20-7-5-4-6-8-20)29-28(30-27(24)32)34-18-26(31)22-13-15-23(33-2)16-14-22/h4-16H,3,17-18H2,1-2H3,(H,29,30,32). The lowest BCUT2D eigenvalue weighted by Gasteiger charge is -2.10. The topological polar surface area (TPSA) is 72.0 Å². The van der Waals surface area contributed by atoms with Crippen LogP contribution >= 0.6 is 11.8 Å². The quantitative estimate of drug-likeness (QED) is 0.197. The lowest BCUT2D eigenvalue weighted by Crippen LogP contribution is -2.19. The fourth-order valence-corrected chi connectivity index (χ4v) is 4.51. The van der Waals surface area contributed by atoms with E-state index in [1.807, 2.05) is 25.1 Å². The number of hydrogen-bond donors (Lipinski definition) is 1. The highest BCUT2D eigenvalue weighted by Crippen LogP contribution is 2.22. The van der Waals surface area contributed by atoms with Crippen LogP contribution in [0.15, 0.2) is 88.8 Å². The van der Waals surface area contributed by atoms with Gasteiger partial charge in [0.05, 0.1) is 18.6 Å². The van der Waals surface area contributed by atoms with Crippen molar-refractivity contribution in [2.45, 2.75) is 24.9 Å². The van der Waals surface area contributed by atoms with E-state index in [4.69, 9.17) is 9.72 Å². The van der Waals surface area contributed by atoms with Gasteiger partial charge in [-0.15, -0.1) is 0 Å². The molecule has 0 spiro atoms. The summed E-state index contributed by atoms with van der Waals surface area (Å²) in [6.07, 6.45) is 1.15. The number of nitrogens with one attached hydrogen (secondary N) is 1. The number of carbonyl (C=O) groups excluding carboxylic acids is 1. The summed E-state index contributed by atoms with van der Waals surface area (Å²) in [5.74, 6) is 0.853. The number of methoxy groups -OCH3 is 1. The minimum absolute atomic E-state index is 0.0343. The first-order chi connectivity index (χ1) is 16.6. The Hall–Kier alpha value is -3.64. The predicted molar refractivity (Wildman–Crippen MR) is 137 cm³/mol. The van der Waals surface area contributed by atoms with Gasteiger partial charge in [-0.1, -0.05) is 73.3 Å². The number of thioether (sulfide) groups is 1. The van der Waals surface area contributed by atoms with E-state index in [-0.39, 0.29) is 17.1 Å². The van der Waals surface area contributed by atoms with Gasteiger partial charge in [-0.2, -0.15) is 0 Å². The van der Waals surface area contributed by atoms with Crippen LogP contribution in [0.4, 0.5) is 0 Å². The Morgan fingerprint density at radius 2 is 1.62 bits per heavy atom. The Bertz CT molecular complexity index is 1310. The van der Waals surface area contributed by atoms with Crippen molar-refractivity contribution in [3.05, 3.63) is 112 Å². The number of carbonyl (C=O) groups is 1. The molecule has 3 aromatic carbocycles. The van der Waals surface area contributed by atoms with E-state index in [0.717, 1.165) is 22.4 Å². The summed E-state index contributed by atoms with van der Waals surface area (Å²) in [7, 11) is 1.59. The van der Waals surface area contributed by atoms with Gasteiger partial charge in [-0.3, -0.25) is 9.59 Å². The maximum absolute atomic E-state index is 12.7. The number of Topliss-reactive ketones (excluding diaryl/α,β-unsaturated/α-hetero) is 1. The average molecular weight is 471 g/mol. The van der Waals surface area contributed by atoms with E-state index >= 15 is 0 Å². The molecule has 1 N–H and O–H groups in total. The lowest BCUT2D eigenvalue weighted by atomic mass is 10.0. The Morgan fingerprint density at radius 1 is 0.941 bits per heavy atom. The zero-order valence-corrected chi connectivity index (χ0v) is 20.0. The average Bonchev–Trinajstić information content (AvgIpc) is 2.88. The van der Waals surface area contributed by atoms with Crippen LogP contribution in [0.1, 0.15) is 34.1 Å². The Morgan fingerprint density at radius 3 is 2.26 bits per heavy atom. The Kier molecular flexibility index (Phi) is 7.60. The first-order valence-electron chi connectivity index (χ1n) is 11.1. The molecule has 0 unspecified atom stereocenters. The first-order valence-corrected chi connectivity index (χ1v) is 12.1. The molecule has 0 aliphatic rings. The molecule has 0 amide bonds. The first kappa shape index (κ1) is 23.5. The van der Waals surface area contributed by atoms with Gasteiger partial charge in [0.2, 0.25) is 0 Å². The summed E-state index contributed by atoms with van der Waals surface area (Å²) in [4.78, 5) is 32.8. The maximum Gasteiger partial charge on any atom is 0.254 e. The van der Waals surface area contributed by atoms with Crippen LogP contribution in [-0.4, -0.2) is 28.6 Å². The van der Waals surface area contributed by atoms with E-state index in [0.29, 0.717) is 34.9 Å². The van der Waals surface area contributed by atoms with E-state index in [1.165, 1.54) is 11.8 Å². The maximum atomic E-state index is 12.7. The Balaban J connectivity index is 1.49. The van der Waals surface area contributed by atoms with Crippen molar-refractivity contribution in [3.63, 3.8) is 0 Å². The van der Waals surface area contributed by atoms with E-state index in [9.17, 15) is 9.59 Å². The van der Waals surface area contributed by atoms with Crippen LogP contribution in [0, 0.1) is 0 Å². The smallest absolute Gasteiger partial charge is 0.254 e. The number of ether oxygens (including phenoxy) is 1. The minimum Gasteiger partial charge on any atom is -0.497 e. The summed E-state index contributed by atoms with van der Waals surface area (Å²) < 4.78 is 5.14. The predicted octanol–water partition coefficient (Wildman–Crippen LogP) is 5.57. The van der Waals surface area contributed by atoms with Crippen molar-refractivity contribution in [3.8, 4) is 16.9 Å². The van der Waals surface area contributed by atoms with Crippen LogP contribution in [0.25, 0.3) is 11.1 Å². The molecule has 6 heteroatoms. The van der Waals surface area contributed by atoms with Crippen molar-refractivity contribution in [2.24, 2.45) is 0 Å². The fraction of sp³-hybridized carbons (Fsp3) is 0.179. The second kappa shape index (κ2) is 11.0. The van der Waals surface area contributed by atoms with Crippen molar-refractivity contribution in [1.82, 2.24) is 9.97 Å². The van der Waals surface area contributed by atoms with Gasteiger partial charge in [0.15, 0.2) is 10.9 Å². The van der Waals surface area contributed by atoms with Crippen LogP contribution in [0.2, 0.25) is 0 Å². The molecule has 0 saturated heterocycles. The third-order valence-electron chi connectivity index (χ3n) is 5.62. The van der Waals surface area contributed by atoms with Crippen molar-refractivity contribution in [2.75, 3.05) is 12.9 Å². The highest BCUT2D eigenvalue weighted by molar-refractivity contribution is 7.99. The van der Waals surface area contributed by atoms with Crippen molar-refractivity contribution in [1.29, 1.82) is 0 Å².